The van der Waals surface area contributed by atoms with Crippen molar-refractivity contribution >= 4 is 0 Å². The second-order valence-electron chi connectivity index (χ2n) is 6.58. The monoisotopic (exact) mass is 239 g/mol. The lowest BCUT2D eigenvalue weighted by Crippen LogP contribution is -2.47. The van der Waals surface area contributed by atoms with Gasteiger partial charge < -0.3 is 10.6 Å². The molecule has 2 N–H and O–H groups in total. The third-order valence-corrected chi connectivity index (χ3v) is 4.35. The van der Waals surface area contributed by atoms with Gasteiger partial charge in [0.2, 0.25) is 0 Å². The van der Waals surface area contributed by atoms with Crippen molar-refractivity contribution in [2.24, 2.45) is 11.1 Å². The van der Waals surface area contributed by atoms with Gasteiger partial charge in [0.25, 0.3) is 0 Å². The van der Waals surface area contributed by atoms with Crippen molar-refractivity contribution in [1.29, 1.82) is 0 Å². The fourth-order valence-corrected chi connectivity index (χ4v) is 2.68. The molecule has 1 saturated carbocycles. The molecule has 3 heteroatoms. The van der Waals surface area contributed by atoms with E-state index in [2.05, 4.69) is 23.6 Å². The zero-order valence-corrected chi connectivity index (χ0v) is 11.6. The van der Waals surface area contributed by atoms with Gasteiger partial charge in [0, 0.05) is 32.2 Å². The molecule has 3 nitrogen and oxygen atoms in total. The summed E-state index contributed by atoms with van der Waals surface area (Å²) in [6.07, 6.45) is 5.45. The Kier molecular flexibility index (Phi) is 4.45. The molecule has 2 aliphatic rings. The van der Waals surface area contributed by atoms with Crippen molar-refractivity contribution in [2.75, 3.05) is 39.3 Å². The summed E-state index contributed by atoms with van der Waals surface area (Å²) in [4.78, 5) is 5.31. The smallest absolute Gasteiger partial charge is 0.0113 e. The summed E-state index contributed by atoms with van der Waals surface area (Å²) in [5.74, 6) is 0. The predicted molar refractivity (Wildman–Crippen MR) is 73.1 cm³/mol. The summed E-state index contributed by atoms with van der Waals surface area (Å²) in [5.41, 5.74) is 6.09. The van der Waals surface area contributed by atoms with Gasteiger partial charge in [-0.2, -0.15) is 0 Å². The predicted octanol–water partition coefficient (Wildman–Crippen LogP) is 1.53. The first-order valence-corrected chi connectivity index (χ1v) is 7.27. The van der Waals surface area contributed by atoms with E-state index in [9.17, 15) is 0 Å². The Morgan fingerprint density at radius 3 is 2.29 bits per heavy atom. The molecule has 0 aromatic rings. The number of hydrogen-bond donors (Lipinski definition) is 1. The number of hydrogen-bond acceptors (Lipinski definition) is 3. The van der Waals surface area contributed by atoms with E-state index in [0.717, 1.165) is 12.6 Å². The van der Waals surface area contributed by atoms with Gasteiger partial charge in [-0.25, -0.2) is 0 Å². The molecule has 0 unspecified atom stereocenters. The highest BCUT2D eigenvalue weighted by Gasteiger charge is 2.31. The van der Waals surface area contributed by atoms with Crippen LogP contribution in [0.4, 0.5) is 0 Å². The van der Waals surface area contributed by atoms with Crippen molar-refractivity contribution in [2.45, 2.75) is 45.6 Å². The molecule has 1 aliphatic carbocycles. The van der Waals surface area contributed by atoms with E-state index in [1.54, 1.807) is 0 Å². The lowest BCUT2D eigenvalue weighted by molar-refractivity contribution is 0.122. The molecule has 0 amide bonds. The van der Waals surface area contributed by atoms with Crippen LogP contribution in [0.2, 0.25) is 0 Å². The summed E-state index contributed by atoms with van der Waals surface area (Å²) < 4.78 is 0. The SMILES string of the molecule is CC(C)(CN)CCCN1CCN(C2CC2)CC1. The van der Waals surface area contributed by atoms with E-state index in [1.165, 1.54) is 58.4 Å². The Bertz CT molecular complexity index is 228. The number of rotatable bonds is 6. The molecular formula is C14H29N3. The molecule has 0 aromatic carbocycles. The minimum atomic E-state index is 0.329. The van der Waals surface area contributed by atoms with Crippen LogP contribution >= 0.6 is 0 Å². The van der Waals surface area contributed by atoms with E-state index in [1.807, 2.05) is 0 Å². The zero-order valence-electron chi connectivity index (χ0n) is 11.6. The van der Waals surface area contributed by atoms with E-state index >= 15 is 0 Å². The zero-order chi connectivity index (χ0) is 12.3. The highest BCUT2D eigenvalue weighted by atomic mass is 15.3. The first-order chi connectivity index (χ1) is 8.11. The Morgan fingerprint density at radius 2 is 1.76 bits per heavy atom. The van der Waals surface area contributed by atoms with Crippen molar-refractivity contribution < 1.29 is 0 Å². The molecule has 2 rings (SSSR count). The van der Waals surface area contributed by atoms with Crippen molar-refractivity contribution in [1.82, 2.24) is 9.80 Å². The molecule has 17 heavy (non-hydrogen) atoms. The van der Waals surface area contributed by atoms with Crippen LogP contribution in [0.5, 0.6) is 0 Å². The van der Waals surface area contributed by atoms with Gasteiger partial charge >= 0.3 is 0 Å². The lowest BCUT2D eigenvalue weighted by atomic mass is 9.88. The van der Waals surface area contributed by atoms with Gasteiger partial charge in [0.15, 0.2) is 0 Å². The molecular weight excluding hydrogens is 210 g/mol. The highest BCUT2D eigenvalue weighted by Crippen LogP contribution is 2.27. The molecule has 0 aromatic heterocycles. The van der Waals surface area contributed by atoms with Crippen LogP contribution in [0.1, 0.15) is 39.5 Å². The normalized spacial score (nSPS) is 24.2. The number of nitrogens with two attached hydrogens (primary N) is 1. The van der Waals surface area contributed by atoms with Gasteiger partial charge in [-0.1, -0.05) is 13.8 Å². The highest BCUT2D eigenvalue weighted by molar-refractivity contribution is 4.87. The van der Waals surface area contributed by atoms with E-state index in [4.69, 9.17) is 5.73 Å². The van der Waals surface area contributed by atoms with Crippen molar-refractivity contribution in [3.05, 3.63) is 0 Å². The first-order valence-electron chi connectivity index (χ1n) is 7.27. The van der Waals surface area contributed by atoms with Crippen molar-refractivity contribution in [3.63, 3.8) is 0 Å². The molecule has 1 aliphatic heterocycles. The molecule has 100 valence electrons. The molecule has 0 bridgehead atoms. The Hall–Kier alpha value is -0.120. The Morgan fingerprint density at radius 1 is 1.12 bits per heavy atom. The quantitative estimate of drug-likeness (QED) is 0.763. The van der Waals surface area contributed by atoms with Gasteiger partial charge in [-0.05, 0) is 44.2 Å². The van der Waals surface area contributed by atoms with Crippen LogP contribution < -0.4 is 5.73 Å². The molecule has 2 fully saturated rings. The summed E-state index contributed by atoms with van der Waals surface area (Å²) in [6, 6.07) is 0.952. The van der Waals surface area contributed by atoms with Gasteiger partial charge in [-0.15, -0.1) is 0 Å². The van der Waals surface area contributed by atoms with E-state index < -0.39 is 0 Å². The number of nitrogens with zero attached hydrogens (tertiary/aromatic N) is 2. The number of piperazine rings is 1. The summed E-state index contributed by atoms with van der Waals surface area (Å²) >= 11 is 0. The molecule has 1 saturated heterocycles. The van der Waals surface area contributed by atoms with Crippen LogP contribution in [0.15, 0.2) is 0 Å². The van der Waals surface area contributed by atoms with E-state index in [-0.39, 0.29) is 0 Å². The average Bonchev–Trinajstić information content (AvgIpc) is 3.14. The standard InChI is InChI=1S/C14H29N3/c1-14(2,12-15)6-3-7-16-8-10-17(11-9-16)13-4-5-13/h13H,3-12,15H2,1-2H3. The largest absolute Gasteiger partial charge is 0.330 e. The summed E-state index contributed by atoms with van der Waals surface area (Å²) in [7, 11) is 0. The minimum absolute atomic E-state index is 0.329. The fraction of sp³-hybridized carbons (Fsp3) is 1.00. The Labute approximate surface area is 106 Å². The second kappa shape index (κ2) is 5.68. The van der Waals surface area contributed by atoms with E-state index in [0.29, 0.717) is 5.41 Å². The lowest BCUT2D eigenvalue weighted by Gasteiger charge is -2.35. The topological polar surface area (TPSA) is 32.5 Å². The van der Waals surface area contributed by atoms with Crippen molar-refractivity contribution in [3.8, 4) is 0 Å². The molecule has 1 heterocycles. The van der Waals surface area contributed by atoms with Crippen LogP contribution in [-0.2, 0) is 0 Å². The van der Waals surface area contributed by atoms with Crippen LogP contribution in [0.3, 0.4) is 0 Å². The first kappa shape index (κ1) is 13.3. The van der Waals surface area contributed by atoms with Crippen LogP contribution in [0, 0.1) is 5.41 Å². The maximum atomic E-state index is 5.76. The maximum absolute atomic E-state index is 5.76. The third-order valence-electron chi connectivity index (χ3n) is 4.35. The van der Waals surface area contributed by atoms with Crippen LogP contribution in [0.25, 0.3) is 0 Å². The average molecular weight is 239 g/mol. The Balaban J connectivity index is 1.58. The van der Waals surface area contributed by atoms with Gasteiger partial charge in [0.1, 0.15) is 0 Å². The summed E-state index contributed by atoms with van der Waals surface area (Å²) in [6.45, 7) is 11.8. The van der Waals surface area contributed by atoms with Gasteiger partial charge in [-0.3, -0.25) is 4.90 Å². The molecule has 0 radical (unpaired) electrons. The fourth-order valence-electron chi connectivity index (χ4n) is 2.68. The van der Waals surface area contributed by atoms with Gasteiger partial charge in [0.05, 0.1) is 0 Å². The molecule has 0 spiro atoms. The molecule has 0 atom stereocenters. The minimum Gasteiger partial charge on any atom is -0.330 e. The summed E-state index contributed by atoms with van der Waals surface area (Å²) in [5, 5.41) is 0. The van der Waals surface area contributed by atoms with Crippen LogP contribution in [-0.4, -0.2) is 55.1 Å². The maximum Gasteiger partial charge on any atom is 0.0113 e. The third kappa shape index (κ3) is 4.23. The second-order valence-corrected chi connectivity index (χ2v) is 6.58.